The summed E-state index contributed by atoms with van der Waals surface area (Å²) in [6.07, 6.45) is 0.881. The standard InChI is InChI=1S/C18H17Br3N2O3/c1-7(16(24)22-9-4-2-8(19)3-5-9)23-17(25)12-10-6-11(13(12)18(23)26)15(21)14(10)20/h2-5,7,10-15H,6H2,1H3,(H,22,24)/t7-,10+,11+,12-,13+,14-,15+/m1/s1. The van der Waals surface area contributed by atoms with Crippen LogP contribution < -0.4 is 5.32 Å². The Hall–Kier alpha value is -0.730. The number of amides is 3. The summed E-state index contributed by atoms with van der Waals surface area (Å²) in [6.45, 7) is 1.62. The lowest BCUT2D eigenvalue weighted by Gasteiger charge is -2.28. The number of likely N-dealkylation sites (tertiary alicyclic amines) is 1. The van der Waals surface area contributed by atoms with Crippen molar-refractivity contribution < 1.29 is 14.4 Å². The Kier molecular flexibility index (Phi) is 4.80. The molecule has 2 aliphatic carbocycles. The second-order valence-corrected chi connectivity index (χ2v) is 10.3. The summed E-state index contributed by atoms with van der Waals surface area (Å²) in [5.41, 5.74) is 0.630. The van der Waals surface area contributed by atoms with E-state index in [2.05, 4.69) is 53.1 Å². The van der Waals surface area contributed by atoms with Crippen LogP contribution in [0.25, 0.3) is 0 Å². The quantitative estimate of drug-likeness (QED) is 0.464. The molecule has 2 saturated carbocycles. The smallest absolute Gasteiger partial charge is 0.247 e. The lowest BCUT2D eigenvalue weighted by Crippen LogP contribution is -2.46. The third-order valence-electron chi connectivity index (χ3n) is 5.90. The fraction of sp³-hybridized carbons (Fsp3) is 0.500. The van der Waals surface area contributed by atoms with E-state index in [1.807, 2.05) is 12.1 Å². The summed E-state index contributed by atoms with van der Waals surface area (Å²) in [5, 5.41) is 2.78. The molecular weight excluding hydrogens is 532 g/mol. The molecule has 5 nitrogen and oxygen atoms in total. The second-order valence-electron chi connectivity index (χ2n) is 7.22. The first-order valence-electron chi connectivity index (χ1n) is 8.52. The van der Waals surface area contributed by atoms with E-state index in [1.54, 1.807) is 19.1 Å². The third-order valence-corrected chi connectivity index (χ3v) is 9.63. The molecule has 0 radical (unpaired) electrons. The Bertz CT molecular complexity index is 752. The minimum absolute atomic E-state index is 0.151. The Morgan fingerprint density at radius 1 is 1.08 bits per heavy atom. The van der Waals surface area contributed by atoms with Gasteiger partial charge in [0, 0.05) is 19.8 Å². The normalized spacial score (nSPS) is 36.4. The molecule has 3 amide bonds. The van der Waals surface area contributed by atoms with Crippen molar-refractivity contribution in [2.24, 2.45) is 23.7 Å². The molecule has 138 valence electrons. The van der Waals surface area contributed by atoms with Crippen molar-refractivity contribution in [2.45, 2.75) is 29.0 Å². The summed E-state index contributed by atoms with van der Waals surface area (Å²) in [6, 6.07) is 6.34. The van der Waals surface area contributed by atoms with Crippen molar-refractivity contribution in [3.8, 4) is 0 Å². The van der Waals surface area contributed by atoms with Gasteiger partial charge in [-0.05, 0) is 49.4 Å². The number of hydrogen-bond acceptors (Lipinski definition) is 3. The van der Waals surface area contributed by atoms with E-state index in [0.29, 0.717) is 5.69 Å². The number of nitrogens with one attached hydrogen (secondary N) is 1. The first-order valence-corrected chi connectivity index (χ1v) is 11.1. The Balaban J connectivity index is 1.53. The van der Waals surface area contributed by atoms with Crippen LogP contribution in [-0.2, 0) is 14.4 Å². The van der Waals surface area contributed by atoms with Gasteiger partial charge in [0.1, 0.15) is 6.04 Å². The molecule has 1 saturated heterocycles. The van der Waals surface area contributed by atoms with Crippen LogP contribution in [0, 0.1) is 23.7 Å². The Morgan fingerprint density at radius 3 is 2.08 bits per heavy atom. The van der Waals surface area contributed by atoms with Gasteiger partial charge in [0.25, 0.3) is 0 Å². The van der Waals surface area contributed by atoms with Gasteiger partial charge in [-0.3, -0.25) is 19.3 Å². The Morgan fingerprint density at radius 2 is 1.58 bits per heavy atom. The molecule has 0 unspecified atom stereocenters. The number of benzene rings is 1. The number of carbonyl (C=O) groups is 3. The SMILES string of the molecule is C[C@H](C(=O)Nc1ccc(Br)cc1)N1C(=O)[C@@H]2[C@@H]3C[C@H]([C@H](Br)[C@@H]3Br)[C@@H]2C1=O. The van der Waals surface area contributed by atoms with Gasteiger partial charge in [0.15, 0.2) is 0 Å². The van der Waals surface area contributed by atoms with Crippen LogP contribution in [0.3, 0.4) is 0 Å². The molecule has 3 aliphatic rings. The van der Waals surface area contributed by atoms with Crippen molar-refractivity contribution in [1.82, 2.24) is 4.90 Å². The average molecular weight is 549 g/mol. The van der Waals surface area contributed by atoms with Crippen LogP contribution in [0.15, 0.2) is 28.7 Å². The second kappa shape index (κ2) is 6.71. The minimum atomic E-state index is -0.828. The molecule has 4 rings (SSSR count). The molecule has 1 aliphatic heterocycles. The maximum absolute atomic E-state index is 13.0. The zero-order valence-corrected chi connectivity index (χ0v) is 18.6. The van der Waals surface area contributed by atoms with Crippen molar-refractivity contribution in [1.29, 1.82) is 0 Å². The van der Waals surface area contributed by atoms with Crippen molar-refractivity contribution >= 4 is 71.2 Å². The van der Waals surface area contributed by atoms with Crippen molar-refractivity contribution in [3.05, 3.63) is 28.7 Å². The zero-order chi connectivity index (χ0) is 18.7. The zero-order valence-electron chi connectivity index (χ0n) is 13.9. The number of imide groups is 1. The highest BCUT2D eigenvalue weighted by Gasteiger charge is 2.67. The number of hydrogen-bond donors (Lipinski definition) is 1. The van der Waals surface area contributed by atoms with E-state index in [4.69, 9.17) is 0 Å². The first kappa shape index (κ1) is 18.6. The lowest BCUT2D eigenvalue weighted by molar-refractivity contribution is -0.146. The number of nitrogens with zero attached hydrogens (tertiary/aromatic N) is 1. The largest absolute Gasteiger partial charge is 0.324 e. The van der Waals surface area contributed by atoms with E-state index in [-0.39, 0.29) is 51.0 Å². The summed E-state index contributed by atoms with van der Waals surface area (Å²) in [4.78, 5) is 40.1. The van der Waals surface area contributed by atoms with Gasteiger partial charge < -0.3 is 5.32 Å². The van der Waals surface area contributed by atoms with Crippen LogP contribution in [0.5, 0.6) is 0 Å². The van der Waals surface area contributed by atoms with Crippen LogP contribution in [0.4, 0.5) is 5.69 Å². The maximum Gasteiger partial charge on any atom is 0.247 e. The fourth-order valence-corrected chi connectivity index (χ4v) is 6.79. The van der Waals surface area contributed by atoms with Crippen LogP contribution in [-0.4, -0.2) is 38.3 Å². The summed E-state index contributed by atoms with van der Waals surface area (Å²) < 4.78 is 0.908. The molecule has 1 aromatic rings. The number of carbonyl (C=O) groups excluding carboxylic acids is 3. The molecule has 8 heteroatoms. The fourth-order valence-electron chi connectivity index (χ4n) is 4.65. The molecular formula is C18H17Br3N2O3. The molecule has 7 atom stereocenters. The van der Waals surface area contributed by atoms with Gasteiger partial charge in [0.05, 0.1) is 11.8 Å². The van der Waals surface area contributed by atoms with Gasteiger partial charge in [-0.2, -0.15) is 0 Å². The summed E-state index contributed by atoms with van der Waals surface area (Å²) >= 11 is 10.7. The Labute approximate surface area is 176 Å². The highest BCUT2D eigenvalue weighted by Crippen LogP contribution is 2.60. The summed E-state index contributed by atoms with van der Waals surface area (Å²) in [5.74, 6) is -1.05. The predicted molar refractivity (Wildman–Crippen MR) is 108 cm³/mol. The lowest BCUT2D eigenvalue weighted by atomic mass is 9.81. The highest BCUT2D eigenvalue weighted by molar-refractivity contribution is 9.12. The molecule has 2 bridgehead atoms. The van der Waals surface area contributed by atoms with Crippen LogP contribution in [0.1, 0.15) is 13.3 Å². The van der Waals surface area contributed by atoms with E-state index < -0.39 is 6.04 Å². The highest BCUT2D eigenvalue weighted by atomic mass is 79.9. The van der Waals surface area contributed by atoms with Gasteiger partial charge in [-0.1, -0.05) is 47.8 Å². The van der Waals surface area contributed by atoms with Crippen molar-refractivity contribution in [3.63, 3.8) is 0 Å². The molecule has 1 heterocycles. The number of alkyl halides is 2. The van der Waals surface area contributed by atoms with E-state index in [0.717, 1.165) is 10.9 Å². The topological polar surface area (TPSA) is 66.5 Å². The molecule has 3 fully saturated rings. The summed E-state index contributed by atoms with van der Waals surface area (Å²) in [7, 11) is 0. The third kappa shape index (κ3) is 2.71. The van der Waals surface area contributed by atoms with Gasteiger partial charge >= 0.3 is 0 Å². The van der Waals surface area contributed by atoms with Crippen LogP contribution >= 0.6 is 47.8 Å². The molecule has 0 spiro atoms. The number of halogens is 3. The maximum atomic E-state index is 13.0. The average Bonchev–Trinajstić information content (AvgIpc) is 3.21. The minimum Gasteiger partial charge on any atom is -0.324 e. The monoisotopic (exact) mass is 546 g/mol. The molecule has 1 aromatic carbocycles. The van der Waals surface area contributed by atoms with Gasteiger partial charge in [0.2, 0.25) is 17.7 Å². The van der Waals surface area contributed by atoms with Crippen molar-refractivity contribution in [2.75, 3.05) is 5.32 Å². The van der Waals surface area contributed by atoms with Gasteiger partial charge in [-0.15, -0.1) is 0 Å². The predicted octanol–water partition coefficient (Wildman–Crippen LogP) is 3.55. The number of rotatable bonds is 3. The van der Waals surface area contributed by atoms with E-state index in [9.17, 15) is 14.4 Å². The molecule has 26 heavy (non-hydrogen) atoms. The molecule has 0 aromatic heterocycles. The number of fused-ring (bicyclic) bond motifs is 5. The van der Waals surface area contributed by atoms with E-state index in [1.165, 1.54) is 4.90 Å². The van der Waals surface area contributed by atoms with Gasteiger partial charge in [-0.25, -0.2) is 0 Å². The molecule has 1 N–H and O–H groups in total. The van der Waals surface area contributed by atoms with E-state index >= 15 is 0 Å². The van der Waals surface area contributed by atoms with Crippen LogP contribution in [0.2, 0.25) is 0 Å². The first-order chi connectivity index (χ1) is 12.3. The number of anilines is 1.